The standard InChI is InChI=1S/C14H26N2O5S/c1-3-20-12(2)14(17)21-11-10-15-6-8-16(9-7-15)22(18,19)13-4-5-13/h12-13H,3-11H2,1-2H3/t12-/m0/s1. The molecule has 2 aliphatic rings. The molecule has 0 amide bonds. The molecular formula is C14H26N2O5S. The Morgan fingerprint density at radius 1 is 1.23 bits per heavy atom. The molecule has 1 saturated carbocycles. The molecule has 22 heavy (non-hydrogen) atoms. The van der Waals surface area contributed by atoms with Crippen molar-refractivity contribution in [2.45, 2.75) is 38.0 Å². The van der Waals surface area contributed by atoms with Crippen LogP contribution in [0.25, 0.3) is 0 Å². The second-order valence-corrected chi connectivity index (χ2v) is 7.96. The quantitative estimate of drug-likeness (QED) is 0.585. The molecular weight excluding hydrogens is 308 g/mol. The number of carbonyl (C=O) groups is 1. The minimum absolute atomic E-state index is 0.139. The molecule has 0 aromatic rings. The van der Waals surface area contributed by atoms with Crippen LogP contribution in [0.4, 0.5) is 0 Å². The van der Waals surface area contributed by atoms with Crippen LogP contribution in [0.5, 0.6) is 0 Å². The van der Waals surface area contributed by atoms with Crippen LogP contribution in [-0.4, -0.2) is 80.9 Å². The van der Waals surface area contributed by atoms with Crippen LogP contribution in [-0.2, 0) is 24.3 Å². The molecule has 2 fully saturated rings. The molecule has 0 unspecified atom stereocenters. The van der Waals surface area contributed by atoms with E-state index in [9.17, 15) is 13.2 Å². The Morgan fingerprint density at radius 2 is 1.86 bits per heavy atom. The molecule has 1 saturated heterocycles. The second-order valence-electron chi connectivity index (χ2n) is 5.75. The third kappa shape index (κ3) is 4.65. The van der Waals surface area contributed by atoms with E-state index in [0.29, 0.717) is 45.9 Å². The number of ether oxygens (including phenoxy) is 2. The molecule has 0 bridgehead atoms. The molecule has 0 N–H and O–H groups in total. The average molecular weight is 334 g/mol. The van der Waals surface area contributed by atoms with Gasteiger partial charge in [0.25, 0.3) is 0 Å². The highest BCUT2D eigenvalue weighted by Crippen LogP contribution is 2.31. The van der Waals surface area contributed by atoms with Gasteiger partial charge in [-0.25, -0.2) is 13.2 Å². The number of nitrogens with zero attached hydrogens (tertiary/aromatic N) is 2. The van der Waals surface area contributed by atoms with Gasteiger partial charge in [0.2, 0.25) is 10.0 Å². The number of rotatable bonds is 8. The predicted molar refractivity (Wildman–Crippen MR) is 82.0 cm³/mol. The van der Waals surface area contributed by atoms with Gasteiger partial charge in [-0.15, -0.1) is 0 Å². The van der Waals surface area contributed by atoms with Crippen molar-refractivity contribution < 1.29 is 22.7 Å². The summed E-state index contributed by atoms with van der Waals surface area (Å²) in [6.07, 6.45) is 1.07. The fraction of sp³-hybridized carbons (Fsp3) is 0.929. The van der Waals surface area contributed by atoms with Crippen LogP contribution in [0, 0.1) is 0 Å². The fourth-order valence-corrected chi connectivity index (χ4v) is 4.32. The molecule has 0 spiro atoms. The third-order valence-corrected chi connectivity index (χ3v) is 6.44. The molecule has 8 heteroatoms. The summed E-state index contributed by atoms with van der Waals surface area (Å²) in [5.74, 6) is -0.350. The van der Waals surface area contributed by atoms with E-state index in [4.69, 9.17) is 9.47 Å². The van der Waals surface area contributed by atoms with E-state index in [1.807, 2.05) is 6.92 Å². The zero-order chi connectivity index (χ0) is 16.2. The largest absolute Gasteiger partial charge is 0.462 e. The molecule has 1 heterocycles. The van der Waals surface area contributed by atoms with E-state index in [1.165, 1.54) is 0 Å². The van der Waals surface area contributed by atoms with E-state index < -0.39 is 16.1 Å². The number of hydrogen-bond donors (Lipinski definition) is 0. The molecule has 0 aromatic carbocycles. The Morgan fingerprint density at radius 3 is 2.41 bits per heavy atom. The average Bonchev–Trinajstić information content (AvgIpc) is 3.33. The van der Waals surface area contributed by atoms with Crippen LogP contribution < -0.4 is 0 Å². The van der Waals surface area contributed by atoms with Crippen LogP contribution in [0.3, 0.4) is 0 Å². The predicted octanol–water partition coefficient (Wildman–Crippen LogP) is 0.0644. The number of hydrogen-bond acceptors (Lipinski definition) is 6. The molecule has 7 nitrogen and oxygen atoms in total. The van der Waals surface area contributed by atoms with E-state index in [-0.39, 0.29) is 11.2 Å². The van der Waals surface area contributed by atoms with E-state index in [2.05, 4.69) is 4.90 Å². The van der Waals surface area contributed by atoms with Crippen LogP contribution in [0.2, 0.25) is 0 Å². The van der Waals surface area contributed by atoms with E-state index in [1.54, 1.807) is 11.2 Å². The van der Waals surface area contributed by atoms with Gasteiger partial charge in [0.15, 0.2) is 6.10 Å². The summed E-state index contributed by atoms with van der Waals surface area (Å²) in [5, 5.41) is -0.139. The summed E-state index contributed by atoms with van der Waals surface area (Å²) in [6, 6.07) is 0. The summed E-state index contributed by atoms with van der Waals surface area (Å²) in [7, 11) is -3.06. The summed E-state index contributed by atoms with van der Waals surface area (Å²) < 4.78 is 36.2. The highest BCUT2D eigenvalue weighted by atomic mass is 32.2. The van der Waals surface area contributed by atoms with Crippen LogP contribution >= 0.6 is 0 Å². The van der Waals surface area contributed by atoms with Gasteiger partial charge in [-0.1, -0.05) is 0 Å². The highest BCUT2D eigenvalue weighted by Gasteiger charge is 2.40. The monoisotopic (exact) mass is 334 g/mol. The Labute approximate surface area is 132 Å². The molecule has 1 aliphatic heterocycles. The number of piperazine rings is 1. The number of sulfonamides is 1. The zero-order valence-corrected chi connectivity index (χ0v) is 14.2. The van der Waals surface area contributed by atoms with Gasteiger partial charge in [0, 0.05) is 39.3 Å². The van der Waals surface area contributed by atoms with Crippen molar-refractivity contribution in [1.29, 1.82) is 0 Å². The van der Waals surface area contributed by atoms with Crippen molar-refractivity contribution in [3.05, 3.63) is 0 Å². The molecule has 0 radical (unpaired) electrons. The Hall–Kier alpha value is -0.700. The minimum Gasteiger partial charge on any atom is -0.462 e. The van der Waals surface area contributed by atoms with Gasteiger partial charge < -0.3 is 9.47 Å². The Kier molecular flexibility index (Phi) is 6.19. The first-order valence-electron chi connectivity index (χ1n) is 7.94. The maximum absolute atomic E-state index is 12.1. The maximum atomic E-state index is 12.1. The van der Waals surface area contributed by atoms with Crippen molar-refractivity contribution in [1.82, 2.24) is 9.21 Å². The topological polar surface area (TPSA) is 76.2 Å². The van der Waals surface area contributed by atoms with Gasteiger partial charge >= 0.3 is 5.97 Å². The van der Waals surface area contributed by atoms with Gasteiger partial charge in [-0.2, -0.15) is 4.31 Å². The Balaban J connectivity index is 1.64. The highest BCUT2D eigenvalue weighted by molar-refractivity contribution is 7.90. The molecule has 2 rings (SSSR count). The first-order valence-corrected chi connectivity index (χ1v) is 9.45. The minimum atomic E-state index is -3.06. The van der Waals surface area contributed by atoms with Crippen LogP contribution in [0.15, 0.2) is 0 Å². The van der Waals surface area contributed by atoms with Gasteiger partial charge in [0.05, 0.1) is 5.25 Å². The van der Waals surface area contributed by atoms with Gasteiger partial charge in [-0.3, -0.25) is 4.90 Å². The van der Waals surface area contributed by atoms with E-state index in [0.717, 1.165) is 12.8 Å². The Bertz CT molecular complexity index is 470. The van der Waals surface area contributed by atoms with Crippen LogP contribution in [0.1, 0.15) is 26.7 Å². The second kappa shape index (κ2) is 7.72. The lowest BCUT2D eigenvalue weighted by Crippen LogP contribution is -2.50. The van der Waals surface area contributed by atoms with Crippen molar-refractivity contribution in [3.8, 4) is 0 Å². The number of esters is 1. The van der Waals surface area contributed by atoms with Gasteiger partial charge in [-0.05, 0) is 26.7 Å². The fourth-order valence-electron chi connectivity index (χ4n) is 2.50. The van der Waals surface area contributed by atoms with Crippen molar-refractivity contribution in [2.75, 3.05) is 45.9 Å². The zero-order valence-electron chi connectivity index (χ0n) is 13.4. The lowest BCUT2D eigenvalue weighted by atomic mass is 10.3. The summed E-state index contributed by atoms with van der Waals surface area (Å²) in [5.41, 5.74) is 0. The normalized spacial score (nSPS) is 22.5. The van der Waals surface area contributed by atoms with E-state index >= 15 is 0 Å². The molecule has 1 atom stereocenters. The van der Waals surface area contributed by atoms with Gasteiger partial charge in [0.1, 0.15) is 6.61 Å². The lowest BCUT2D eigenvalue weighted by molar-refractivity contribution is -0.156. The lowest BCUT2D eigenvalue weighted by Gasteiger charge is -2.33. The summed E-state index contributed by atoms with van der Waals surface area (Å²) in [4.78, 5) is 13.7. The first kappa shape index (κ1) is 17.7. The van der Waals surface area contributed by atoms with Crippen molar-refractivity contribution >= 4 is 16.0 Å². The van der Waals surface area contributed by atoms with Crippen molar-refractivity contribution in [3.63, 3.8) is 0 Å². The SMILES string of the molecule is CCO[C@@H](C)C(=O)OCCN1CCN(S(=O)(=O)C2CC2)CC1. The van der Waals surface area contributed by atoms with Crippen molar-refractivity contribution in [2.24, 2.45) is 0 Å². The smallest absolute Gasteiger partial charge is 0.334 e. The summed E-state index contributed by atoms with van der Waals surface area (Å²) in [6.45, 7) is 7.35. The number of carbonyl (C=O) groups excluding carboxylic acids is 1. The maximum Gasteiger partial charge on any atom is 0.334 e. The summed E-state index contributed by atoms with van der Waals surface area (Å²) >= 11 is 0. The molecule has 1 aliphatic carbocycles. The first-order chi connectivity index (χ1) is 10.4. The molecule has 0 aromatic heterocycles. The molecule has 128 valence electrons. The third-order valence-electron chi connectivity index (χ3n) is 4.04.